The molecule has 1 aromatic carbocycles. The molecular formula is C12H12ClNO. The minimum Gasteiger partial charge on any atom is -0.472 e. The Bertz CT molecular complexity index is 451. The van der Waals surface area contributed by atoms with Crippen LogP contribution in [0.25, 0.3) is 0 Å². The molecule has 2 nitrogen and oxygen atoms in total. The smallest absolute Gasteiger partial charge is 0.0953 e. The predicted octanol–water partition coefficient (Wildman–Crippen LogP) is 3.29. The molecule has 0 aliphatic heterocycles. The Morgan fingerprint density at radius 3 is 2.67 bits per heavy atom. The van der Waals surface area contributed by atoms with Crippen LogP contribution in [0.3, 0.4) is 0 Å². The molecule has 0 saturated carbocycles. The molecule has 1 heterocycles. The van der Waals surface area contributed by atoms with Crippen LogP contribution >= 0.6 is 11.6 Å². The lowest BCUT2D eigenvalue weighted by atomic mass is 10.0. The number of hydrogen-bond donors (Lipinski definition) is 1. The molecule has 15 heavy (non-hydrogen) atoms. The molecule has 3 heteroatoms. The second-order valence-corrected chi connectivity index (χ2v) is 3.95. The third kappa shape index (κ3) is 2.06. The summed E-state index contributed by atoms with van der Waals surface area (Å²) in [5.74, 6) is 0. The van der Waals surface area contributed by atoms with Crippen LogP contribution in [0.15, 0.2) is 41.2 Å². The topological polar surface area (TPSA) is 39.2 Å². The van der Waals surface area contributed by atoms with Crippen molar-refractivity contribution in [3.05, 3.63) is 58.5 Å². The van der Waals surface area contributed by atoms with Gasteiger partial charge in [0.25, 0.3) is 0 Å². The number of halogens is 1. The van der Waals surface area contributed by atoms with Gasteiger partial charge >= 0.3 is 0 Å². The lowest BCUT2D eigenvalue weighted by Crippen LogP contribution is -2.10. The van der Waals surface area contributed by atoms with Crippen molar-refractivity contribution >= 4 is 11.6 Å². The van der Waals surface area contributed by atoms with Gasteiger partial charge in [-0.05, 0) is 30.2 Å². The van der Waals surface area contributed by atoms with Gasteiger partial charge in [-0.3, -0.25) is 0 Å². The van der Waals surface area contributed by atoms with E-state index in [9.17, 15) is 0 Å². The van der Waals surface area contributed by atoms with E-state index in [4.69, 9.17) is 21.8 Å². The molecule has 1 unspecified atom stereocenters. The van der Waals surface area contributed by atoms with Crippen LogP contribution in [-0.4, -0.2) is 0 Å². The van der Waals surface area contributed by atoms with Crippen LogP contribution < -0.4 is 5.73 Å². The molecule has 2 rings (SSSR count). The Morgan fingerprint density at radius 2 is 2.07 bits per heavy atom. The monoisotopic (exact) mass is 221 g/mol. The van der Waals surface area contributed by atoms with Gasteiger partial charge < -0.3 is 10.2 Å². The van der Waals surface area contributed by atoms with Crippen LogP contribution in [0, 0.1) is 6.92 Å². The van der Waals surface area contributed by atoms with Gasteiger partial charge in [-0.15, -0.1) is 0 Å². The quantitative estimate of drug-likeness (QED) is 0.845. The van der Waals surface area contributed by atoms with Gasteiger partial charge in [-0.25, -0.2) is 0 Å². The zero-order valence-corrected chi connectivity index (χ0v) is 9.16. The standard InChI is InChI=1S/C12H12ClNO/c1-8-2-3-9(6-11(8)13)12(14)10-4-5-15-7-10/h2-7,12H,14H2,1H3. The first-order valence-electron chi connectivity index (χ1n) is 4.72. The Hall–Kier alpha value is -1.25. The molecule has 0 spiro atoms. The summed E-state index contributed by atoms with van der Waals surface area (Å²) in [6, 6.07) is 7.53. The van der Waals surface area contributed by atoms with Crippen molar-refractivity contribution < 1.29 is 4.42 Å². The lowest BCUT2D eigenvalue weighted by molar-refractivity contribution is 0.562. The summed E-state index contributed by atoms with van der Waals surface area (Å²) in [5.41, 5.74) is 9.06. The van der Waals surface area contributed by atoms with Crippen molar-refractivity contribution in [2.75, 3.05) is 0 Å². The second kappa shape index (κ2) is 4.09. The number of benzene rings is 1. The highest BCUT2D eigenvalue weighted by Crippen LogP contribution is 2.24. The van der Waals surface area contributed by atoms with E-state index in [1.165, 1.54) is 0 Å². The minimum atomic E-state index is -0.179. The maximum absolute atomic E-state index is 6.06. The number of nitrogens with two attached hydrogens (primary N) is 1. The fourth-order valence-electron chi connectivity index (χ4n) is 1.45. The van der Waals surface area contributed by atoms with Gasteiger partial charge in [0.15, 0.2) is 0 Å². The van der Waals surface area contributed by atoms with Crippen molar-refractivity contribution in [2.45, 2.75) is 13.0 Å². The molecule has 2 aromatic rings. The number of aryl methyl sites for hydroxylation is 1. The van der Waals surface area contributed by atoms with Gasteiger partial charge in [-0.2, -0.15) is 0 Å². The molecule has 0 bridgehead atoms. The average molecular weight is 222 g/mol. The van der Waals surface area contributed by atoms with Crippen molar-refractivity contribution in [1.82, 2.24) is 0 Å². The molecular weight excluding hydrogens is 210 g/mol. The number of hydrogen-bond acceptors (Lipinski definition) is 2. The highest BCUT2D eigenvalue weighted by Gasteiger charge is 2.10. The van der Waals surface area contributed by atoms with E-state index < -0.39 is 0 Å². The van der Waals surface area contributed by atoms with E-state index in [2.05, 4.69) is 0 Å². The molecule has 1 aromatic heterocycles. The van der Waals surface area contributed by atoms with Crippen LogP contribution in [0.2, 0.25) is 5.02 Å². The summed E-state index contributed by atoms with van der Waals surface area (Å²) >= 11 is 6.04. The molecule has 1 atom stereocenters. The molecule has 0 fully saturated rings. The molecule has 0 amide bonds. The maximum Gasteiger partial charge on any atom is 0.0953 e. The van der Waals surface area contributed by atoms with Crippen molar-refractivity contribution in [2.24, 2.45) is 5.73 Å². The first-order valence-corrected chi connectivity index (χ1v) is 5.10. The van der Waals surface area contributed by atoms with E-state index in [0.717, 1.165) is 21.7 Å². The highest BCUT2D eigenvalue weighted by atomic mass is 35.5. The Balaban J connectivity index is 2.34. The molecule has 2 N–H and O–H groups in total. The second-order valence-electron chi connectivity index (χ2n) is 3.54. The van der Waals surface area contributed by atoms with E-state index in [0.29, 0.717) is 0 Å². The summed E-state index contributed by atoms with van der Waals surface area (Å²) in [5, 5.41) is 0.742. The van der Waals surface area contributed by atoms with Crippen LogP contribution in [0.5, 0.6) is 0 Å². The first-order chi connectivity index (χ1) is 7.18. The summed E-state index contributed by atoms with van der Waals surface area (Å²) in [6.07, 6.45) is 3.27. The Kier molecular flexibility index (Phi) is 2.80. The Labute approximate surface area is 93.7 Å². The van der Waals surface area contributed by atoms with E-state index in [1.807, 2.05) is 31.2 Å². The third-order valence-corrected chi connectivity index (χ3v) is 2.86. The summed E-state index contributed by atoms with van der Waals surface area (Å²) in [4.78, 5) is 0. The highest BCUT2D eigenvalue weighted by molar-refractivity contribution is 6.31. The molecule has 0 radical (unpaired) electrons. The summed E-state index contributed by atoms with van der Waals surface area (Å²) in [7, 11) is 0. The zero-order valence-electron chi connectivity index (χ0n) is 8.41. The SMILES string of the molecule is Cc1ccc(C(N)c2ccoc2)cc1Cl. The Morgan fingerprint density at radius 1 is 1.27 bits per heavy atom. The van der Waals surface area contributed by atoms with Crippen molar-refractivity contribution in [3.8, 4) is 0 Å². The van der Waals surface area contributed by atoms with Crippen LogP contribution in [0.1, 0.15) is 22.7 Å². The van der Waals surface area contributed by atoms with Crippen molar-refractivity contribution in [1.29, 1.82) is 0 Å². The lowest BCUT2D eigenvalue weighted by Gasteiger charge is -2.10. The van der Waals surface area contributed by atoms with E-state index in [1.54, 1.807) is 12.5 Å². The average Bonchev–Trinajstić information content (AvgIpc) is 2.74. The molecule has 0 saturated heterocycles. The molecule has 78 valence electrons. The fourth-order valence-corrected chi connectivity index (χ4v) is 1.64. The zero-order chi connectivity index (χ0) is 10.8. The predicted molar refractivity (Wildman–Crippen MR) is 60.9 cm³/mol. The molecule has 0 aliphatic carbocycles. The first kappa shape index (κ1) is 10.3. The fraction of sp³-hybridized carbons (Fsp3) is 0.167. The maximum atomic E-state index is 6.06. The van der Waals surface area contributed by atoms with Gasteiger partial charge in [0.2, 0.25) is 0 Å². The van der Waals surface area contributed by atoms with Gasteiger partial charge in [0.05, 0.1) is 18.6 Å². The van der Waals surface area contributed by atoms with E-state index in [-0.39, 0.29) is 6.04 Å². The van der Waals surface area contributed by atoms with Crippen LogP contribution in [-0.2, 0) is 0 Å². The van der Waals surface area contributed by atoms with Crippen molar-refractivity contribution in [3.63, 3.8) is 0 Å². The van der Waals surface area contributed by atoms with Gasteiger partial charge in [0, 0.05) is 10.6 Å². The molecule has 0 aliphatic rings. The van der Waals surface area contributed by atoms with E-state index >= 15 is 0 Å². The normalized spacial score (nSPS) is 12.7. The van der Waals surface area contributed by atoms with Gasteiger partial charge in [-0.1, -0.05) is 23.7 Å². The number of rotatable bonds is 2. The summed E-state index contributed by atoms with van der Waals surface area (Å²) < 4.78 is 5.00. The largest absolute Gasteiger partial charge is 0.472 e. The van der Waals surface area contributed by atoms with Gasteiger partial charge in [0.1, 0.15) is 0 Å². The summed E-state index contributed by atoms with van der Waals surface area (Å²) in [6.45, 7) is 1.97. The third-order valence-electron chi connectivity index (χ3n) is 2.46. The van der Waals surface area contributed by atoms with Crippen LogP contribution in [0.4, 0.5) is 0 Å². The minimum absolute atomic E-state index is 0.179. The number of furan rings is 1.